The SMILES string of the molecule is O=C(CC1CCCOC1)N1CCC2(CC1)OCCc1cnc(-c3ccccc3)nc12. The first-order valence-corrected chi connectivity index (χ1v) is 11.1. The largest absolute Gasteiger partial charge is 0.381 e. The second kappa shape index (κ2) is 8.44. The number of nitrogens with zero attached hydrogens (tertiary/aromatic N) is 3. The first-order valence-electron chi connectivity index (χ1n) is 11.1. The second-order valence-corrected chi connectivity index (χ2v) is 8.69. The zero-order valence-electron chi connectivity index (χ0n) is 17.4. The molecule has 2 saturated heterocycles. The monoisotopic (exact) mass is 407 g/mol. The number of hydrogen-bond donors (Lipinski definition) is 0. The van der Waals surface area contributed by atoms with Gasteiger partial charge in [-0.2, -0.15) is 0 Å². The fourth-order valence-electron chi connectivity index (χ4n) is 4.98. The van der Waals surface area contributed by atoms with Crippen LogP contribution in [0, 0.1) is 5.92 Å². The maximum atomic E-state index is 12.8. The Morgan fingerprint density at radius 3 is 2.77 bits per heavy atom. The summed E-state index contributed by atoms with van der Waals surface area (Å²) in [4.78, 5) is 24.4. The third kappa shape index (κ3) is 3.86. The van der Waals surface area contributed by atoms with E-state index >= 15 is 0 Å². The Hall–Kier alpha value is -2.31. The van der Waals surface area contributed by atoms with Gasteiger partial charge in [0.25, 0.3) is 0 Å². The average Bonchev–Trinajstić information content (AvgIpc) is 2.81. The molecule has 1 atom stereocenters. The van der Waals surface area contributed by atoms with Gasteiger partial charge in [0.05, 0.1) is 12.3 Å². The molecule has 2 fully saturated rings. The zero-order chi connectivity index (χ0) is 20.4. The summed E-state index contributed by atoms with van der Waals surface area (Å²) in [6.45, 7) is 3.68. The molecule has 0 bridgehead atoms. The van der Waals surface area contributed by atoms with Crippen molar-refractivity contribution in [2.24, 2.45) is 5.92 Å². The molecule has 158 valence electrons. The van der Waals surface area contributed by atoms with Gasteiger partial charge in [-0.25, -0.2) is 9.97 Å². The maximum absolute atomic E-state index is 12.8. The predicted octanol–water partition coefficient (Wildman–Crippen LogP) is 3.35. The van der Waals surface area contributed by atoms with Crippen molar-refractivity contribution < 1.29 is 14.3 Å². The summed E-state index contributed by atoms with van der Waals surface area (Å²) in [6, 6.07) is 10.1. The van der Waals surface area contributed by atoms with Gasteiger partial charge >= 0.3 is 0 Å². The van der Waals surface area contributed by atoms with Gasteiger partial charge < -0.3 is 14.4 Å². The smallest absolute Gasteiger partial charge is 0.222 e. The number of likely N-dealkylation sites (tertiary alicyclic amines) is 1. The number of aromatic nitrogens is 2. The van der Waals surface area contributed by atoms with Crippen LogP contribution in [0.1, 0.15) is 43.4 Å². The van der Waals surface area contributed by atoms with Crippen LogP contribution in [0.4, 0.5) is 0 Å². The van der Waals surface area contributed by atoms with E-state index in [1.807, 2.05) is 41.4 Å². The molecule has 1 unspecified atom stereocenters. The van der Waals surface area contributed by atoms with Crippen molar-refractivity contribution in [3.05, 3.63) is 47.8 Å². The second-order valence-electron chi connectivity index (χ2n) is 8.69. The normalized spacial score (nSPS) is 23.2. The number of rotatable bonds is 3. The van der Waals surface area contributed by atoms with Crippen LogP contribution in [-0.4, -0.2) is 53.7 Å². The van der Waals surface area contributed by atoms with Crippen LogP contribution < -0.4 is 0 Å². The van der Waals surface area contributed by atoms with Crippen molar-refractivity contribution in [1.82, 2.24) is 14.9 Å². The molecule has 2 aromatic rings. The Bertz CT molecular complexity index is 888. The third-order valence-electron chi connectivity index (χ3n) is 6.72. The summed E-state index contributed by atoms with van der Waals surface area (Å²) >= 11 is 0. The topological polar surface area (TPSA) is 64.5 Å². The van der Waals surface area contributed by atoms with Crippen LogP contribution >= 0.6 is 0 Å². The number of piperidine rings is 1. The Kier molecular flexibility index (Phi) is 5.52. The molecule has 6 nitrogen and oxygen atoms in total. The van der Waals surface area contributed by atoms with Crippen LogP contribution in [0.3, 0.4) is 0 Å². The van der Waals surface area contributed by atoms with E-state index < -0.39 is 5.60 Å². The fraction of sp³-hybridized carbons (Fsp3) is 0.542. The molecule has 1 aromatic carbocycles. The molecule has 6 heteroatoms. The van der Waals surface area contributed by atoms with Crippen molar-refractivity contribution >= 4 is 5.91 Å². The molecule has 3 aliphatic heterocycles. The van der Waals surface area contributed by atoms with E-state index in [-0.39, 0.29) is 5.91 Å². The van der Waals surface area contributed by atoms with Gasteiger partial charge in [-0.05, 0) is 43.6 Å². The minimum absolute atomic E-state index is 0.254. The summed E-state index contributed by atoms with van der Waals surface area (Å²) in [5.41, 5.74) is 2.82. The number of ether oxygens (including phenoxy) is 2. The minimum atomic E-state index is -0.398. The standard InChI is InChI=1S/C24H29N3O3/c28-21(15-18-5-4-13-29-17-18)27-11-9-24(10-12-27)22-20(8-14-30-24)16-25-23(26-22)19-6-2-1-3-7-19/h1-3,6-7,16,18H,4-5,8-15,17H2. The van der Waals surface area contributed by atoms with Crippen molar-refractivity contribution in [1.29, 1.82) is 0 Å². The van der Waals surface area contributed by atoms with Crippen molar-refractivity contribution in [2.45, 2.75) is 44.1 Å². The van der Waals surface area contributed by atoms with E-state index in [4.69, 9.17) is 14.5 Å². The van der Waals surface area contributed by atoms with Crippen molar-refractivity contribution in [3.8, 4) is 11.4 Å². The number of fused-ring (bicyclic) bond motifs is 2. The number of benzene rings is 1. The van der Waals surface area contributed by atoms with E-state index in [1.165, 1.54) is 5.56 Å². The van der Waals surface area contributed by atoms with Gasteiger partial charge in [-0.1, -0.05) is 30.3 Å². The van der Waals surface area contributed by atoms with E-state index in [0.29, 0.717) is 18.9 Å². The number of amides is 1. The van der Waals surface area contributed by atoms with E-state index in [2.05, 4.69) is 4.98 Å². The van der Waals surface area contributed by atoms with Gasteiger partial charge in [-0.3, -0.25) is 4.79 Å². The maximum Gasteiger partial charge on any atom is 0.222 e. The lowest BCUT2D eigenvalue weighted by Gasteiger charge is -2.44. The molecule has 30 heavy (non-hydrogen) atoms. The lowest BCUT2D eigenvalue weighted by atomic mass is 9.83. The summed E-state index contributed by atoms with van der Waals surface area (Å²) in [5.74, 6) is 1.37. The van der Waals surface area contributed by atoms with Crippen LogP contribution in [0.5, 0.6) is 0 Å². The molecule has 4 heterocycles. The number of carbonyl (C=O) groups is 1. The lowest BCUT2D eigenvalue weighted by molar-refractivity contribution is -0.143. The van der Waals surface area contributed by atoms with Gasteiger partial charge in [0.15, 0.2) is 5.82 Å². The Labute approximate surface area is 177 Å². The predicted molar refractivity (Wildman–Crippen MR) is 113 cm³/mol. The minimum Gasteiger partial charge on any atom is -0.381 e. The molecule has 1 aromatic heterocycles. The van der Waals surface area contributed by atoms with E-state index in [0.717, 1.165) is 75.5 Å². The molecular formula is C24H29N3O3. The molecule has 0 aliphatic carbocycles. The fourth-order valence-corrected chi connectivity index (χ4v) is 4.98. The highest BCUT2D eigenvalue weighted by molar-refractivity contribution is 5.76. The Balaban J connectivity index is 1.31. The first kappa shape index (κ1) is 19.6. The summed E-state index contributed by atoms with van der Waals surface area (Å²) < 4.78 is 11.9. The van der Waals surface area contributed by atoms with E-state index in [9.17, 15) is 4.79 Å². The quantitative estimate of drug-likeness (QED) is 0.781. The molecule has 0 N–H and O–H groups in total. The van der Waals surface area contributed by atoms with Crippen LogP contribution in [-0.2, 0) is 26.3 Å². The number of carbonyl (C=O) groups excluding carboxylic acids is 1. The zero-order valence-corrected chi connectivity index (χ0v) is 17.4. The van der Waals surface area contributed by atoms with Crippen molar-refractivity contribution in [2.75, 3.05) is 32.9 Å². The first-order chi connectivity index (χ1) is 14.7. The molecule has 1 amide bonds. The van der Waals surface area contributed by atoms with Gasteiger partial charge in [-0.15, -0.1) is 0 Å². The third-order valence-corrected chi connectivity index (χ3v) is 6.72. The summed E-state index contributed by atoms with van der Waals surface area (Å²) in [6.07, 6.45) is 7.15. The van der Waals surface area contributed by atoms with Gasteiger partial charge in [0.1, 0.15) is 5.60 Å². The van der Waals surface area contributed by atoms with Crippen LogP contribution in [0.2, 0.25) is 0 Å². The molecule has 3 aliphatic rings. The van der Waals surface area contributed by atoms with Gasteiger partial charge in [0.2, 0.25) is 5.91 Å². The number of hydrogen-bond acceptors (Lipinski definition) is 5. The molecule has 5 rings (SSSR count). The highest BCUT2D eigenvalue weighted by Gasteiger charge is 2.43. The van der Waals surface area contributed by atoms with Crippen LogP contribution in [0.25, 0.3) is 11.4 Å². The molecule has 0 saturated carbocycles. The molecular weight excluding hydrogens is 378 g/mol. The van der Waals surface area contributed by atoms with Crippen molar-refractivity contribution in [3.63, 3.8) is 0 Å². The molecule has 0 radical (unpaired) electrons. The Morgan fingerprint density at radius 1 is 1.17 bits per heavy atom. The average molecular weight is 408 g/mol. The van der Waals surface area contributed by atoms with E-state index in [1.54, 1.807) is 0 Å². The highest BCUT2D eigenvalue weighted by atomic mass is 16.5. The lowest BCUT2D eigenvalue weighted by Crippen LogP contribution is -2.49. The summed E-state index contributed by atoms with van der Waals surface area (Å²) in [7, 11) is 0. The van der Waals surface area contributed by atoms with Crippen LogP contribution in [0.15, 0.2) is 36.5 Å². The Morgan fingerprint density at radius 2 is 2.00 bits per heavy atom. The highest BCUT2D eigenvalue weighted by Crippen LogP contribution is 2.41. The summed E-state index contributed by atoms with van der Waals surface area (Å²) in [5, 5.41) is 0. The van der Waals surface area contributed by atoms with Gasteiger partial charge in [0, 0.05) is 44.5 Å². The molecule has 1 spiro atoms.